The van der Waals surface area contributed by atoms with Crippen molar-refractivity contribution in [3.63, 3.8) is 0 Å². The quantitative estimate of drug-likeness (QED) is 0.596. The second-order valence-corrected chi connectivity index (χ2v) is 13.4. The van der Waals surface area contributed by atoms with Crippen LogP contribution in [0.25, 0.3) is 0 Å². The summed E-state index contributed by atoms with van der Waals surface area (Å²) in [4.78, 5) is 0. The monoisotopic (exact) mass is 199 g/mol. The van der Waals surface area contributed by atoms with Gasteiger partial charge in [0.25, 0.3) is 0 Å². The Morgan fingerprint density at radius 3 is 2.00 bits per heavy atom. The van der Waals surface area contributed by atoms with Gasteiger partial charge >= 0.3 is 0 Å². The molecule has 0 aromatic carbocycles. The van der Waals surface area contributed by atoms with Crippen LogP contribution in [0.5, 0.6) is 0 Å². The van der Waals surface area contributed by atoms with Crippen LogP contribution in [0.4, 0.5) is 0 Å². The van der Waals surface area contributed by atoms with Crippen molar-refractivity contribution in [2.75, 3.05) is 25.6 Å². The summed E-state index contributed by atoms with van der Waals surface area (Å²) >= 11 is 9.39. The number of nitrogens with zero attached hydrogens (tertiary/aromatic N) is 1. The Labute approximate surface area is 69.5 Å². The Morgan fingerprint density at radius 1 is 1.33 bits per heavy atom. The minimum absolute atomic E-state index is 1.14. The van der Waals surface area contributed by atoms with Crippen LogP contribution in [0.2, 0.25) is 0 Å². The fraction of sp³-hybridized carbons (Fsp3) is 1.00. The van der Waals surface area contributed by atoms with E-state index >= 15 is 0 Å². The molecule has 0 N–H and O–H groups in total. The lowest BCUT2D eigenvalue weighted by atomic mass is 11.0. The molecule has 0 atom stereocenters. The lowest BCUT2D eigenvalue weighted by Crippen LogP contribution is -2.00. The molecule has 5 heteroatoms. The highest BCUT2D eigenvalue weighted by Crippen LogP contribution is 2.74. The molecule has 1 saturated heterocycles. The summed E-state index contributed by atoms with van der Waals surface area (Å²) < 4.78 is 1.07. The van der Waals surface area contributed by atoms with Crippen molar-refractivity contribution >= 4 is 39.2 Å². The normalized spacial score (nSPS) is 25.2. The van der Waals surface area contributed by atoms with E-state index in [4.69, 9.17) is 11.8 Å². The zero-order chi connectivity index (χ0) is 6.91. The van der Waals surface area contributed by atoms with Crippen LogP contribution < -0.4 is 0 Å². The van der Waals surface area contributed by atoms with Crippen molar-refractivity contribution in [2.45, 2.75) is 0 Å². The summed E-state index contributed by atoms with van der Waals surface area (Å²) in [5.41, 5.74) is 0. The third-order valence-electron chi connectivity index (χ3n) is 1.08. The molecule has 0 spiro atoms. The molecule has 9 heavy (non-hydrogen) atoms. The predicted octanol–water partition coefficient (Wildman–Crippen LogP) is 2.25. The zero-order valence-electron chi connectivity index (χ0n) is 5.53. The Bertz CT molecular complexity index is 137. The molecule has 0 radical (unpaired) electrons. The maximum Gasteiger partial charge on any atom is 0.120 e. The molecule has 0 saturated carbocycles. The average molecular weight is 199 g/mol. The predicted molar refractivity (Wildman–Crippen MR) is 52.9 cm³/mol. The largest absolute Gasteiger partial charge is 0.265 e. The van der Waals surface area contributed by atoms with Gasteiger partial charge in [-0.3, -0.25) is 4.67 Å². The van der Waals surface area contributed by atoms with E-state index in [0.717, 1.165) is 0 Å². The van der Waals surface area contributed by atoms with Crippen LogP contribution in [-0.4, -0.2) is 30.3 Å². The van der Waals surface area contributed by atoms with Gasteiger partial charge < -0.3 is 0 Å². The molecule has 54 valence electrons. The molecule has 0 unspecified atom stereocenters. The Kier molecular flexibility index (Phi) is 2.93. The van der Waals surface area contributed by atoms with Gasteiger partial charge in [0, 0.05) is 11.5 Å². The highest BCUT2D eigenvalue weighted by atomic mass is 33.2. The van der Waals surface area contributed by atoms with Crippen molar-refractivity contribution in [3.8, 4) is 0 Å². The Balaban J connectivity index is 2.62. The second-order valence-electron chi connectivity index (χ2n) is 1.98. The van der Waals surface area contributed by atoms with Gasteiger partial charge in [-0.15, -0.1) is 0 Å². The Morgan fingerprint density at radius 2 is 1.78 bits per heavy atom. The van der Waals surface area contributed by atoms with Crippen molar-refractivity contribution in [1.29, 1.82) is 0 Å². The minimum Gasteiger partial charge on any atom is -0.265 e. The van der Waals surface area contributed by atoms with Gasteiger partial charge in [0.15, 0.2) is 0 Å². The van der Waals surface area contributed by atoms with E-state index in [9.17, 15) is 0 Å². The van der Waals surface area contributed by atoms with E-state index in [2.05, 4.69) is 18.8 Å². The number of hydrogen-bond donors (Lipinski definition) is 0. The van der Waals surface area contributed by atoms with E-state index in [1.54, 1.807) is 0 Å². The summed E-state index contributed by atoms with van der Waals surface area (Å²) in [5.74, 6) is 2.50. The van der Waals surface area contributed by atoms with Crippen molar-refractivity contribution in [2.24, 2.45) is 0 Å². The maximum atomic E-state index is 5.45. The van der Waals surface area contributed by atoms with E-state index < -0.39 is 4.59 Å². The Hall–Kier alpha value is 1.31. The maximum absolute atomic E-state index is 5.45. The van der Waals surface area contributed by atoms with Crippen molar-refractivity contribution in [1.82, 2.24) is 4.67 Å². The van der Waals surface area contributed by atoms with Gasteiger partial charge in [0.1, 0.15) is 4.59 Å². The molecule has 0 amide bonds. The molecule has 1 rings (SSSR count). The molecule has 1 aliphatic rings. The fourth-order valence-corrected chi connectivity index (χ4v) is 9.86. The first-order valence-corrected chi connectivity index (χ1v) is 8.66. The molecule has 1 heterocycles. The van der Waals surface area contributed by atoms with Crippen LogP contribution >= 0.6 is 27.4 Å². The van der Waals surface area contributed by atoms with Gasteiger partial charge in [-0.05, 0) is 14.1 Å². The summed E-state index contributed by atoms with van der Waals surface area (Å²) in [6.07, 6.45) is 0. The standard InChI is InChI=1S/C4H10NPS3/c1-5(2)6(7)8-3-4-9-6/h3-4H2,1-2H3. The van der Waals surface area contributed by atoms with Crippen molar-refractivity contribution in [3.05, 3.63) is 0 Å². The SMILES string of the molecule is CN(C)P1(=S)SCCS1. The van der Waals surface area contributed by atoms with E-state index in [-0.39, 0.29) is 0 Å². The van der Waals surface area contributed by atoms with Gasteiger partial charge in [-0.1, -0.05) is 34.6 Å². The third-order valence-corrected chi connectivity index (χ3v) is 13.5. The van der Waals surface area contributed by atoms with Crippen LogP contribution in [0.15, 0.2) is 0 Å². The highest BCUT2D eigenvalue weighted by molar-refractivity contribution is 9.01. The van der Waals surface area contributed by atoms with E-state index in [1.807, 2.05) is 22.8 Å². The first-order chi connectivity index (χ1) is 4.15. The summed E-state index contributed by atoms with van der Waals surface area (Å²) in [5, 5.41) is 0. The topological polar surface area (TPSA) is 3.24 Å². The molecule has 1 nitrogen and oxygen atoms in total. The lowest BCUT2D eigenvalue weighted by Gasteiger charge is -2.20. The molecule has 1 aliphatic heterocycles. The first kappa shape index (κ1) is 8.41. The minimum atomic E-state index is -1.14. The molecule has 1 fully saturated rings. The highest BCUT2D eigenvalue weighted by Gasteiger charge is 2.25. The molecule has 0 aliphatic carbocycles. The summed E-state index contributed by atoms with van der Waals surface area (Å²) in [6.45, 7) is 0. The summed E-state index contributed by atoms with van der Waals surface area (Å²) in [6, 6.07) is 0. The van der Waals surface area contributed by atoms with Crippen LogP contribution in [0, 0.1) is 0 Å². The fourth-order valence-electron chi connectivity index (χ4n) is 0.573. The van der Waals surface area contributed by atoms with Crippen LogP contribution in [-0.2, 0) is 11.8 Å². The van der Waals surface area contributed by atoms with Crippen LogP contribution in [0.3, 0.4) is 0 Å². The van der Waals surface area contributed by atoms with E-state index in [1.165, 1.54) is 11.5 Å². The number of rotatable bonds is 1. The van der Waals surface area contributed by atoms with Crippen LogP contribution in [0.1, 0.15) is 0 Å². The van der Waals surface area contributed by atoms with Gasteiger partial charge in [0.05, 0.1) is 0 Å². The van der Waals surface area contributed by atoms with Gasteiger partial charge in [-0.2, -0.15) is 0 Å². The first-order valence-electron chi connectivity index (χ1n) is 2.72. The van der Waals surface area contributed by atoms with Gasteiger partial charge in [-0.25, -0.2) is 0 Å². The van der Waals surface area contributed by atoms with E-state index in [0.29, 0.717) is 0 Å². The van der Waals surface area contributed by atoms with Crippen molar-refractivity contribution < 1.29 is 0 Å². The number of hydrogen-bond acceptors (Lipinski definition) is 3. The molecular weight excluding hydrogens is 189 g/mol. The smallest absolute Gasteiger partial charge is 0.120 e. The molecule has 0 bridgehead atoms. The summed E-state index contributed by atoms with van der Waals surface area (Å²) in [7, 11) is 4.18. The third kappa shape index (κ3) is 1.87. The molecule has 0 aromatic rings. The zero-order valence-corrected chi connectivity index (χ0v) is 8.88. The molecular formula is C4H10NPS3. The second kappa shape index (κ2) is 3.14. The average Bonchev–Trinajstić information content (AvgIpc) is 2.16. The lowest BCUT2D eigenvalue weighted by molar-refractivity contribution is 0.696. The molecule has 0 aromatic heterocycles. The van der Waals surface area contributed by atoms with Gasteiger partial charge in [0.2, 0.25) is 0 Å².